The molecule has 134 valence electrons. The van der Waals surface area contributed by atoms with Crippen LogP contribution in [0.15, 0.2) is 68.7 Å². The Labute approximate surface area is 149 Å². The standard InChI is InChI=1S/C18H16N2O5S/c1-11(12-6-8-14(9-7-12)26(19,23)24)20-17(21)15-10-13-4-2-3-5-16(13)25-18(15)22/h2-11H,1H3,(H,20,21)(H2,19,23,24). The SMILES string of the molecule is CC(NC(=O)c1cc2ccccc2oc1=O)c1ccc(S(N)(=O)=O)cc1. The molecule has 8 heteroatoms. The number of nitrogens with one attached hydrogen (secondary N) is 1. The van der Waals surface area contributed by atoms with Gasteiger partial charge >= 0.3 is 5.63 Å². The monoisotopic (exact) mass is 372 g/mol. The molecular formula is C18H16N2O5S. The van der Waals surface area contributed by atoms with Gasteiger partial charge in [-0.25, -0.2) is 18.4 Å². The van der Waals surface area contributed by atoms with Crippen LogP contribution in [-0.4, -0.2) is 14.3 Å². The van der Waals surface area contributed by atoms with Gasteiger partial charge in [0.1, 0.15) is 11.1 Å². The summed E-state index contributed by atoms with van der Waals surface area (Å²) in [7, 11) is -3.78. The van der Waals surface area contributed by atoms with Gasteiger partial charge in [-0.1, -0.05) is 30.3 Å². The maximum absolute atomic E-state index is 12.4. The molecule has 1 atom stereocenters. The van der Waals surface area contributed by atoms with Crippen molar-refractivity contribution < 1.29 is 17.6 Å². The number of hydrogen-bond acceptors (Lipinski definition) is 5. The molecule has 0 saturated carbocycles. The highest BCUT2D eigenvalue weighted by molar-refractivity contribution is 7.89. The number of benzene rings is 2. The summed E-state index contributed by atoms with van der Waals surface area (Å²) in [6.45, 7) is 1.71. The molecule has 1 heterocycles. The molecule has 0 spiro atoms. The number of primary sulfonamides is 1. The van der Waals surface area contributed by atoms with Gasteiger partial charge in [0, 0.05) is 5.39 Å². The van der Waals surface area contributed by atoms with Gasteiger partial charge in [-0.3, -0.25) is 4.79 Å². The van der Waals surface area contributed by atoms with Crippen molar-refractivity contribution in [1.82, 2.24) is 5.32 Å². The molecule has 0 radical (unpaired) electrons. The Morgan fingerprint density at radius 3 is 2.42 bits per heavy atom. The predicted octanol–water partition coefficient (Wildman–Crippen LogP) is 1.93. The first kappa shape index (κ1) is 17.8. The van der Waals surface area contributed by atoms with Crippen LogP contribution in [0.5, 0.6) is 0 Å². The van der Waals surface area contributed by atoms with Gasteiger partial charge in [-0.2, -0.15) is 0 Å². The zero-order valence-electron chi connectivity index (χ0n) is 13.8. The van der Waals surface area contributed by atoms with Crippen LogP contribution in [0.3, 0.4) is 0 Å². The number of carbonyl (C=O) groups is 1. The Hall–Kier alpha value is -2.97. The van der Waals surface area contributed by atoms with Crippen molar-refractivity contribution in [2.24, 2.45) is 5.14 Å². The quantitative estimate of drug-likeness (QED) is 0.678. The molecular weight excluding hydrogens is 356 g/mol. The summed E-state index contributed by atoms with van der Waals surface area (Å²) >= 11 is 0. The van der Waals surface area contributed by atoms with Crippen molar-refractivity contribution >= 4 is 26.9 Å². The highest BCUT2D eigenvalue weighted by Gasteiger charge is 2.17. The number of amides is 1. The van der Waals surface area contributed by atoms with Gasteiger partial charge in [-0.15, -0.1) is 0 Å². The fraction of sp³-hybridized carbons (Fsp3) is 0.111. The molecule has 0 saturated heterocycles. The van der Waals surface area contributed by atoms with Gasteiger partial charge in [0.15, 0.2) is 0 Å². The van der Waals surface area contributed by atoms with Crippen LogP contribution in [0.2, 0.25) is 0 Å². The number of para-hydroxylation sites is 1. The molecule has 0 aliphatic rings. The third-order valence-electron chi connectivity index (χ3n) is 3.94. The number of sulfonamides is 1. The van der Waals surface area contributed by atoms with Crippen molar-refractivity contribution in [3.05, 3.63) is 76.1 Å². The van der Waals surface area contributed by atoms with Crippen LogP contribution >= 0.6 is 0 Å². The maximum atomic E-state index is 12.4. The normalized spacial score (nSPS) is 12.7. The molecule has 26 heavy (non-hydrogen) atoms. The molecule has 2 aromatic carbocycles. The van der Waals surface area contributed by atoms with E-state index in [4.69, 9.17) is 9.56 Å². The summed E-state index contributed by atoms with van der Waals surface area (Å²) in [5, 5.41) is 8.40. The molecule has 0 bridgehead atoms. The van der Waals surface area contributed by atoms with Crippen molar-refractivity contribution in [2.45, 2.75) is 17.9 Å². The summed E-state index contributed by atoms with van der Waals surface area (Å²) in [6, 6.07) is 13.7. The molecule has 0 fully saturated rings. The van der Waals surface area contributed by atoms with Gasteiger partial charge < -0.3 is 9.73 Å². The van der Waals surface area contributed by atoms with Gasteiger partial charge in [0.25, 0.3) is 5.91 Å². The highest BCUT2D eigenvalue weighted by atomic mass is 32.2. The third kappa shape index (κ3) is 3.66. The first-order valence-electron chi connectivity index (χ1n) is 7.72. The van der Waals surface area contributed by atoms with Crippen molar-refractivity contribution in [3.8, 4) is 0 Å². The molecule has 7 nitrogen and oxygen atoms in total. The van der Waals surface area contributed by atoms with Crippen LogP contribution in [0.1, 0.15) is 28.9 Å². The van der Waals surface area contributed by atoms with E-state index in [1.54, 1.807) is 43.3 Å². The lowest BCUT2D eigenvalue weighted by molar-refractivity contribution is 0.0936. The fourth-order valence-electron chi connectivity index (χ4n) is 2.52. The van der Waals surface area contributed by atoms with Crippen LogP contribution in [0.25, 0.3) is 11.0 Å². The largest absolute Gasteiger partial charge is 0.422 e. The van der Waals surface area contributed by atoms with E-state index in [9.17, 15) is 18.0 Å². The first-order valence-corrected chi connectivity index (χ1v) is 9.27. The number of hydrogen-bond donors (Lipinski definition) is 2. The van der Waals surface area contributed by atoms with E-state index in [2.05, 4.69) is 5.32 Å². The second-order valence-corrected chi connectivity index (χ2v) is 7.36. The number of rotatable bonds is 4. The van der Waals surface area contributed by atoms with E-state index in [0.717, 1.165) is 0 Å². The van der Waals surface area contributed by atoms with Crippen LogP contribution < -0.4 is 16.1 Å². The average molecular weight is 372 g/mol. The number of carbonyl (C=O) groups excluding carboxylic acids is 1. The summed E-state index contributed by atoms with van der Waals surface area (Å²) in [4.78, 5) is 24.5. The lowest BCUT2D eigenvalue weighted by atomic mass is 10.1. The second kappa shape index (κ2) is 6.74. The topological polar surface area (TPSA) is 119 Å². The van der Waals surface area contributed by atoms with E-state index in [0.29, 0.717) is 16.5 Å². The molecule has 1 unspecified atom stereocenters. The predicted molar refractivity (Wildman–Crippen MR) is 96.2 cm³/mol. The Morgan fingerprint density at radius 2 is 1.77 bits per heavy atom. The summed E-state index contributed by atoms with van der Waals surface area (Å²) in [6.07, 6.45) is 0. The van der Waals surface area contributed by atoms with Gasteiger partial charge in [-0.05, 0) is 36.8 Å². The van der Waals surface area contributed by atoms with Crippen molar-refractivity contribution in [3.63, 3.8) is 0 Å². The minimum absolute atomic E-state index is 0.0186. The van der Waals surface area contributed by atoms with E-state index in [1.807, 2.05) is 0 Å². The Kier molecular flexibility index (Phi) is 4.62. The maximum Gasteiger partial charge on any atom is 0.349 e. The lowest BCUT2D eigenvalue weighted by Gasteiger charge is -2.14. The van der Waals surface area contributed by atoms with E-state index in [-0.39, 0.29) is 10.5 Å². The first-order chi connectivity index (χ1) is 12.3. The zero-order valence-corrected chi connectivity index (χ0v) is 14.6. The van der Waals surface area contributed by atoms with Crippen LogP contribution in [0.4, 0.5) is 0 Å². The minimum Gasteiger partial charge on any atom is -0.422 e. The molecule has 1 amide bonds. The molecule has 1 aromatic heterocycles. The highest BCUT2D eigenvalue weighted by Crippen LogP contribution is 2.17. The smallest absolute Gasteiger partial charge is 0.349 e. The Balaban J connectivity index is 1.83. The summed E-state index contributed by atoms with van der Waals surface area (Å²) in [5.74, 6) is -0.576. The molecule has 3 rings (SSSR count). The lowest BCUT2D eigenvalue weighted by Crippen LogP contribution is -2.30. The van der Waals surface area contributed by atoms with Gasteiger partial charge in [0.05, 0.1) is 10.9 Å². The molecule has 0 aliphatic heterocycles. The Morgan fingerprint density at radius 1 is 1.12 bits per heavy atom. The van der Waals surface area contributed by atoms with E-state index < -0.39 is 27.6 Å². The van der Waals surface area contributed by atoms with Crippen molar-refractivity contribution in [1.29, 1.82) is 0 Å². The van der Waals surface area contributed by atoms with E-state index in [1.165, 1.54) is 18.2 Å². The number of nitrogens with two attached hydrogens (primary N) is 1. The minimum atomic E-state index is -3.78. The Bertz CT molecular complexity index is 1130. The number of fused-ring (bicyclic) bond motifs is 1. The zero-order chi connectivity index (χ0) is 18.9. The second-order valence-electron chi connectivity index (χ2n) is 5.79. The fourth-order valence-corrected chi connectivity index (χ4v) is 3.04. The van der Waals surface area contributed by atoms with Crippen molar-refractivity contribution in [2.75, 3.05) is 0 Å². The molecule has 0 aliphatic carbocycles. The summed E-state index contributed by atoms with van der Waals surface area (Å²) in [5.41, 5.74) is 0.242. The average Bonchev–Trinajstić information content (AvgIpc) is 2.60. The van der Waals surface area contributed by atoms with Gasteiger partial charge in [0.2, 0.25) is 10.0 Å². The third-order valence-corrected chi connectivity index (χ3v) is 4.87. The molecule has 3 aromatic rings. The molecule has 3 N–H and O–H groups in total. The van der Waals surface area contributed by atoms with Crippen LogP contribution in [-0.2, 0) is 10.0 Å². The van der Waals surface area contributed by atoms with Crippen LogP contribution in [0, 0.1) is 0 Å². The van der Waals surface area contributed by atoms with E-state index >= 15 is 0 Å². The summed E-state index contributed by atoms with van der Waals surface area (Å²) < 4.78 is 27.7.